The zero-order valence-electron chi connectivity index (χ0n) is 11.4. The maximum absolute atomic E-state index is 12.1. The molecule has 0 aliphatic heterocycles. The van der Waals surface area contributed by atoms with Gasteiger partial charge in [0, 0.05) is 20.0 Å². The molecule has 0 saturated carbocycles. The van der Waals surface area contributed by atoms with Crippen LogP contribution in [0.2, 0.25) is 0 Å². The topological polar surface area (TPSA) is 44.1 Å². The molecule has 2 rings (SSSR count). The molecule has 102 valence electrons. The molecule has 20 heavy (non-hydrogen) atoms. The summed E-state index contributed by atoms with van der Waals surface area (Å²) in [4.78, 5) is 13.8. The third-order valence-electron chi connectivity index (χ3n) is 3.11. The van der Waals surface area contributed by atoms with Crippen LogP contribution in [-0.2, 0) is 17.8 Å². The Hall–Kier alpha value is -2.12. The molecule has 0 bridgehead atoms. The van der Waals surface area contributed by atoms with Gasteiger partial charge in [-0.3, -0.25) is 4.79 Å². The number of aryl methyl sites for hydroxylation is 1. The third kappa shape index (κ3) is 3.94. The second kappa shape index (κ2) is 6.88. The SMILES string of the molecule is CN(Cc1cccc(C#N)c1)C(=O)CCc1ccsc1. The summed E-state index contributed by atoms with van der Waals surface area (Å²) < 4.78 is 0. The van der Waals surface area contributed by atoms with Gasteiger partial charge >= 0.3 is 0 Å². The van der Waals surface area contributed by atoms with E-state index >= 15 is 0 Å². The van der Waals surface area contributed by atoms with Crippen molar-refractivity contribution in [3.05, 3.63) is 57.8 Å². The van der Waals surface area contributed by atoms with E-state index in [9.17, 15) is 4.79 Å². The molecular weight excluding hydrogens is 268 g/mol. The molecule has 1 aromatic heterocycles. The summed E-state index contributed by atoms with van der Waals surface area (Å²) >= 11 is 1.65. The fraction of sp³-hybridized carbons (Fsp3) is 0.250. The van der Waals surface area contributed by atoms with Crippen molar-refractivity contribution >= 4 is 17.2 Å². The zero-order chi connectivity index (χ0) is 14.4. The molecule has 1 amide bonds. The van der Waals surface area contributed by atoms with Gasteiger partial charge in [0.05, 0.1) is 11.6 Å². The van der Waals surface area contributed by atoms with Gasteiger partial charge in [-0.2, -0.15) is 16.6 Å². The van der Waals surface area contributed by atoms with Gasteiger partial charge in [0.1, 0.15) is 0 Å². The fourth-order valence-electron chi connectivity index (χ4n) is 1.98. The molecule has 0 spiro atoms. The van der Waals surface area contributed by atoms with E-state index in [0.717, 1.165) is 12.0 Å². The highest BCUT2D eigenvalue weighted by Crippen LogP contribution is 2.11. The molecule has 0 saturated heterocycles. The van der Waals surface area contributed by atoms with Crippen LogP contribution in [-0.4, -0.2) is 17.9 Å². The second-order valence-corrected chi connectivity index (χ2v) is 5.47. The lowest BCUT2D eigenvalue weighted by Crippen LogP contribution is -2.26. The van der Waals surface area contributed by atoms with Crippen LogP contribution in [0.15, 0.2) is 41.1 Å². The number of nitrogens with zero attached hydrogens (tertiary/aromatic N) is 2. The average molecular weight is 284 g/mol. The highest BCUT2D eigenvalue weighted by Gasteiger charge is 2.09. The number of carbonyl (C=O) groups excluding carboxylic acids is 1. The summed E-state index contributed by atoms with van der Waals surface area (Å²) in [5.41, 5.74) is 2.82. The van der Waals surface area contributed by atoms with Crippen LogP contribution < -0.4 is 0 Å². The molecule has 1 aromatic carbocycles. The molecule has 0 unspecified atom stereocenters. The minimum Gasteiger partial charge on any atom is -0.341 e. The zero-order valence-corrected chi connectivity index (χ0v) is 12.2. The lowest BCUT2D eigenvalue weighted by molar-refractivity contribution is -0.130. The Kier molecular flexibility index (Phi) is 4.91. The number of thiophene rings is 1. The Morgan fingerprint density at radius 1 is 1.35 bits per heavy atom. The lowest BCUT2D eigenvalue weighted by atomic mass is 10.1. The van der Waals surface area contributed by atoms with Gasteiger partial charge in [0.2, 0.25) is 5.91 Å². The summed E-state index contributed by atoms with van der Waals surface area (Å²) in [6, 6.07) is 11.5. The molecule has 0 atom stereocenters. The number of benzene rings is 1. The van der Waals surface area contributed by atoms with Crippen molar-refractivity contribution in [2.45, 2.75) is 19.4 Å². The molecule has 4 heteroatoms. The van der Waals surface area contributed by atoms with Crippen LogP contribution in [0, 0.1) is 11.3 Å². The van der Waals surface area contributed by atoms with Crippen LogP contribution in [0.1, 0.15) is 23.1 Å². The van der Waals surface area contributed by atoms with Gasteiger partial charge in [0.25, 0.3) is 0 Å². The minimum atomic E-state index is 0.124. The Morgan fingerprint density at radius 3 is 2.90 bits per heavy atom. The van der Waals surface area contributed by atoms with Crippen molar-refractivity contribution < 1.29 is 4.79 Å². The van der Waals surface area contributed by atoms with Crippen LogP contribution in [0.3, 0.4) is 0 Å². The normalized spacial score (nSPS) is 10.0. The number of nitriles is 1. The summed E-state index contributed by atoms with van der Waals surface area (Å²) in [7, 11) is 1.80. The molecule has 0 N–H and O–H groups in total. The van der Waals surface area contributed by atoms with Gasteiger partial charge in [-0.25, -0.2) is 0 Å². The number of rotatable bonds is 5. The van der Waals surface area contributed by atoms with E-state index in [1.54, 1.807) is 29.4 Å². The van der Waals surface area contributed by atoms with Gasteiger partial charge in [-0.05, 0) is 46.5 Å². The maximum atomic E-state index is 12.1. The Bertz CT molecular complexity index is 614. The number of hydrogen-bond acceptors (Lipinski definition) is 3. The van der Waals surface area contributed by atoms with Gasteiger partial charge in [0.15, 0.2) is 0 Å². The van der Waals surface area contributed by atoms with Crippen LogP contribution >= 0.6 is 11.3 Å². The Labute approximate surface area is 123 Å². The van der Waals surface area contributed by atoms with Crippen molar-refractivity contribution in [1.82, 2.24) is 4.90 Å². The molecule has 1 heterocycles. The lowest BCUT2D eigenvalue weighted by Gasteiger charge is -2.17. The number of carbonyl (C=O) groups is 1. The van der Waals surface area contributed by atoms with Crippen molar-refractivity contribution in [3.63, 3.8) is 0 Å². The van der Waals surface area contributed by atoms with E-state index in [2.05, 4.69) is 11.4 Å². The first-order chi connectivity index (χ1) is 9.69. The molecule has 0 aliphatic rings. The smallest absolute Gasteiger partial charge is 0.222 e. The van der Waals surface area contributed by atoms with Crippen molar-refractivity contribution in [3.8, 4) is 6.07 Å². The molecule has 2 aromatic rings. The monoisotopic (exact) mass is 284 g/mol. The van der Waals surface area contributed by atoms with Crippen molar-refractivity contribution in [2.24, 2.45) is 0 Å². The first kappa shape index (κ1) is 14.3. The van der Waals surface area contributed by atoms with Gasteiger partial charge in [-0.1, -0.05) is 12.1 Å². The van der Waals surface area contributed by atoms with Crippen LogP contribution in [0.4, 0.5) is 0 Å². The second-order valence-electron chi connectivity index (χ2n) is 4.69. The Balaban J connectivity index is 1.88. The van der Waals surface area contributed by atoms with E-state index in [-0.39, 0.29) is 5.91 Å². The van der Waals surface area contributed by atoms with Crippen LogP contribution in [0.25, 0.3) is 0 Å². The number of amides is 1. The predicted octanol–water partition coefficient (Wildman–Crippen LogP) is 3.21. The quantitative estimate of drug-likeness (QED) is 0.846. The first-order valence-electron chi connectivity index (χ1n) is 6.43. The predicted molar refractivity (Wildman–Crippen MR) is 80.3 cm³/mol. The largest absolute Gasteiger partial charge is 0.341 e. The highest BCUT2D eigenvalue weighted by atomic mass is 32.1. The summed E-state index contributed by atoms with van der Waals surface area (Å²) in [6.45, 7) is 0.540. The molecule has 0 fully saturated rings. The minimum absolute atomic E-state index is 0.124. The molecular formula is C16H16N2OS. The maximum Gasteiger partial charge on any atom is 0.222 e. The number of hydrogen-bond donors (Lipinski definition) is 0. The van der Waals surface area contributed by atoms with Gasteiger partial charge in [-0.15, -0.1) is 0 Å². The van der Waals surface area contributed by atoms with Crippen molar-refractivity contribution in [2.75, 3.05) is 7.05 Å². The van der Waals surface area contributed by atoms with E-state index in [4.69, 9.17) is 5.26 Å². The molecule has 0 aliphatic carbocycles. The van der Waals surface area contributed by atoms with E-state index in [1.165, 1.54) is 5.56 Å². The summed E-state index contributed by atoms with van der Waals surface area (Å²) in [5.74, 6) is 0.124. The molecule has 3 nitrogen and oxygen atoms in total. The van der Waals surface area contributed by atoms with Crippen molar-refractivity contribution in [1.29, 1.82) is 5.26 Å². The van der Waals surface area contributed by atoms with Gasteiger partial charge < -0.3 is 4.90 Å². The molecule has 0 radical (unpaired) electrons. The Morgan fingerprint density at radius 2 is 2.20 bits per heavy atom. The first-order valence-corrected chi connectivity index (χ1v) is 7.37. The standard InChI is InChI=1S/C16H16N2OS/c1-18(11-15-4-2-3-14(9-15)10-17)16(19)6-5-13-7-8-20-12-13/h2-4,7-9,12H,5-6,11H2,1H3. The summed E-state index contributed by atoms with van der Waals surface area (Å²) in [5, 5.41) is 13.0. The van der Waals surface area contributed by atoms with Crippen LogP contribution in [0.5, 0.6) is 0 Å². The third-order valence-corrected chi connectivity index (χ3v) is 3.84. The average Bonchev–Trinajstić information content (AvgIpc) is 2.98. The van der Waals surface area contributed by atoms with E-state index < -0.39 is 0 Å². The van der Waals surface area contributed by atoms with E-state index in [1.807, 2.05) is 29.6 Å². The van der Waals surface area contributed by atoms with E-state index in [0.29, 0.717) is 18.5 Å². The summed E-state index contributed by atoms with van der Waals surface area (Å²) in [6.07, 6.45) is 1.30. The highest BCUT2D eigenvalue weighted by molar-refractivity contribution is 7.07. The fourth-order valence-corrected chi connectivity index (χ4v) is 2.68.